The number of likely N-dealkylation sites (N-methyl/N-ethyl adjacent to an activating group) is 2. The summed E-state index contributed by atoms with van der Waals surface area (Å²) in [5.74, 6) is 0. The average Bonchev–Trinajstić information content (AvgIpc) is 3.26. The molecule has 0 unspecified atom stereocenters. The van der Waals surface area contributed by atoms with E-state index in [1.807, 2.05) is 27.7 Å². The largest absolute Gasteiger partial charge is 1.00 e. The van der Waals surface area contributed by atoms with Gasteiger partial charge in [0, 0.05) is 66.1 Å². The maximum absolute atomic E-state index is 14.4. The summed E-state index contributed by atoms with van der Waals surface area (Å²) in [5, 5.41) is 33.8. The fourth-order valence-corrected chi connectivity index (χ4v) is 8.30. The van der Waals surface area contributed by atoms with Crippen LogP contribution in [0.1, 0.15) is 64.7 Å². The van der Waals surface area contributed by atoms with Gasteiger partial charge in [-0.25, -0.2) is 28.1 Å². The van der Waals surface area contributed by atoms with Crippen molar-refractivity contribution in [2.24, 2.45) is 0 Å². The zero-order valence-electron chi connectivity index (χ0n) is 37.6. The van der Waals surface area contributed by atoms with Crippen LogP contribution in [0.25, 0.3) is 0 Å². The topological polar surface area (TPSA) is 195 Å². The highest BCUT2D eigenvalue weighted by Crippen LogP contribution is 2.21. The van der Waals surface area contributed by atoms with E-state index in [4.69, 9.17) is 0 Å². The highest BCUT2D eigenvalue weighted by Gasteiger charge is 2.30. The number of halogens is 3. The zero-order valence-corrected chi connectivity index (χ0v) is 42.3. The number of nitro groups is 3. The van der Waals surface area contributed by atoms with Gasteiger partial charge in [-0.1, -0.05) is 0 Å². The fourth-order valence-electron chi connectivity index (χ4n) is 8.30. The quantitative estimate of drug-likeness (QED) is 0.0368. The average molecular weight is 1090 g/mol. The molecule has 1 aromatic heterocycles. The Bertz CT molecular complexity index is 2190. The molecule has 4 aromatic rings. The third kappa shape index (κ3) is 14.3. The van der Waals surface area contributed by atoms with E-state index in [9.17, 15) is 44.7 Å². The minimum Gasteiger partial charge on any atom is -1.00 e. The van der Waals surface area contributed by atoms with Crippen molar-refractivity contribution in [2.75, 3.05) is 58.9 Å². The predicted octanol–water partition coefficient (Wildman–Crippen LogP) is -3.53. The molecule has 0 aliphatic rings. The Kier molecular flexibility index (Phi) is 23.3. The monoisotopic (exact) mass is 1090 g/mol. The maximum Gasteiger partial charge on any atom is 0.336 e. The van der Waals surface area contributed by atoms with E-state index in [-0.39, 0.29) is 87.6 Å². The van der Waals surface area contributed by atoms with Crippen LogP contribution in [0.2, 0.25) is 0 Å². The number of quaternary nitrogens is 3. The van der Waals surface area contributed by atoms with Crippen molar-refractivity contribution in [3.05, 3.63) is 151 Å². The normalized spacial score (nSPS) is 11.5. The van der Waals surface area contributed by atoms with Gasteiger partial charge in [0.05, 0.1) is 86.8 Å². The van der Waals surface area contributed by atoms with Crippen LogP contribution in [-0.2, 0) is 39.3 Å². The summed E-state index contributed by atoms with van der Waals surface area (Å²) in [4.78, 5) is 75.6. The van der Waals surface area contributed by atoms with Crippen LogP contribution < -0.4 is 68.0 Å². The third-order valence-electron chi connectivity index (χ3n) is 13.0. The molecular formula is C43H62Br3N9O9. The predicted molar refractivity (Wildman–Crippen MR) is 233 cm³/mol. The molecule has 0 bridgehead atoms. The van der Waals surface area contributed by atoms with Crippen LogP contribution in [0.5, 0.6) is 0 Å². The number of nitrogens with zero attached hydrogens (tertiary/aromatic N) is 9. The molecule has 0 atom stereocenters. The van der Waals surface area contributed by atoms with Gasteiger partial charge in [0.25, 0.3) is 17.1 Å². The van der Waals surface area contributed by atoms with Crippen molar-refractivity contribution >= 4 is 17.1 Å². The molecule has 354 valence electrons. The van der Waals surface area contributed by atoms with Crippen molar-refractivity contribution in [3.63, 3.8) is 0 Å². The van der Waals surface area contributed by atoms with Crippen molar-refractivity contribution in [1.82, 2.24) is 13.7 Å². The van der Waals surface area contributed by atoms with Crippen LogP contribution in [0.3, 0.4) is 0 Å². The van der Waals surface area contributed by atoms with Crippen molar-refractivity contribution in [2.45, 2.75) is 87.2 Å². The number of non-ortho nitro benzene ring substituents is 3. The Labute approximate surface area is 405 Å². The second kappa shape index (κ2) is 25.9. The first kappa shape index (κ1) is 57.6. The number of hydrogen-bond donors (Lipinski definition) is 0. The molecule has 0 spiro atoms. The highest BCUT2D eigenvalue weighted by atomic mass is 79.9. The second-order valence-corrected chi connectivity index (χ2v) is 16.0. The van der Waals surface area contributed by atoms with Crippen LogP contribution in [0, 0.1) is 30.3 Å². The van der Waals surface area contributed by atoms with Crippen LogP contribution in [0.4, 0.5) is 17.1 Å². The van der Waals surface area contributed by atoms with E-state index in [0.717, 1.165) is 29.8 Å². The Hall–Kier alpha value is -4.41. The summed E-state index contributed by atoms with van der Waals surface area (Å²) in [7, 11) is 0. The summed E-state index contributed by atoms with van der Waals surface area (Å²) >= 11 is 0. The van der Waals surface area contributed by atoms with Crippen molar-refractivity contribution < 1.29 is 79.2 Å². The zero-order chi connectivity index (χ0) is 45.0. The molecule has 0 saturated carbocycles. The summed E-state index contributed by atoms with van der Waals surface area (Å²) < 4.78 is 5.12. The number of aromatic nitrogens is 3. The van der Waals surface area contributed by atoms with Gasteiger partial charge in [-0.15, -0.1) is 0 Å². The van der Waals surface area contributed by atoms with Crippen molar-refractivity contribution in [3.8, 4) is 0 Å². The maximum atomic E-state index is 14.4. The SMILES string of the molecule is CC[N+](CC)(CCCn1c(=O)n(CC[N+](CC)(CC)Cc2ccc([N+](=O)[O-])cc2)c(=O)n(CC[N+](CC)(CC)Cc2ccc([N+](=O)[O-])cc2)c1=O)Cc1ccc([N+](=O)[O-])cc1.[Br-].[Br-].[Br-]. The molecule has 0 radical (unpaired) electrons. The Morgan fingerprint density at radius 2 is 0.641 bits per heavy atom. The first-order valence-electron chi connectivity index (χ1n) is 21.2. The first-order chi connectivity index (χ1) is 29.0. The molecule has 64 heavy (non-hydrogen) atoms. The number of benzene rings is 3. The molecule has 0 saturated heterocycles. The van der Waals surface area contributed by atoms with E-state index < -0.39 is 31.8 Å². The molecule has 18 nitrogen and oxygen atoms in total. The number of nitro benzene ring substituents is 3. The van der Waals surface area contributed by atoms with Crippen LogP contribution in [0.15, 0.2) is 87.2 Å². The number of hydrogen-bond acceptors (Lipinski definition) is 9. The lowest BCUT2D eigenvalue weighted by atomic mass is 10.1. The lowest BCUT2D eigenvalue weighted by Crippen LogP contribution is -3.00. The van der Waals surface area contributed by atoms with E-state index in [2.05, 4.69) is 13.8 Å². The van der Waals surface area contributed by atoms with Gasteiger partial charge in [-0.2, -0.15) is 0 Å². The Balaban J connectivity index is 0.00000683. The summed E-state index contributed by atoms with van der Waals surface area (Å²) in [6.45, 7) is 19.6. The molecular weight excluding hydrogens is 1030 g/mol. The van der Waals surface area contributed by atoms with Crippen molar-refractivity contribution in [1.29, 1.82) is 0 Å². The third-order valence-corrected chi connectivity index (χ3v) is 13.0. The second-order valence-electron chi connectivity index (χ2n) is 16.0. The van der Waals surface area contributed by atoms with Crippen LogP contribution >= 0.6 is 0 Å². The summed E-state index contributed by atoms with van der Waals surface area (Å²) in [6, 6.07) is 19.3. The smallest absolute Gasteiger partial charge is 0.336 e. The molecule has 4 rings (SSSR count). The molecule has 0 aliphatic carbocycles. The molecule has 3 aromatic carbocycles. The van der Waals surface area contributed by atoms with Gasteiger partial charge >= 0.3 is 17.1 Å². The summed E-state index contributed by atoms with van der Waals surface area (Å²) in [6.07, 6.45) is 0.455. The highest BCUT2D eigenvalue weighted by molar-refractivity contribution is 5.34. The molecule has 1 heterocycles. The molecule has 0 fully saturated rings. The standard InChI is InChI=1S/C43H62N9O9.3BrH/c1-7-50(8-2,32-35-14-20-38(21-15-35)47(56)57)29-13-26-44-41(53)45(27-30-51(9-3,10-4)33-36-16-22-39(23-17-36)48(58)59)43(55)46(42(44)54)28-31-52(11-5,12-6)34-37-18-24-40(25-19-37)49(60)61;;;/h14-25H,7-13,26-34H2,1-6H3;3*1H/q+3;;;/p-3. The van der Waals surface area contributed by atoms with E-state index in [1.165, 1.54) is 50.1 Å². The van der Waals surface area contributed by atoms with Gasteiger partial charge in [0.2, 0.25) is 0 Å². The Morgan fingerprint density at radius 3 is 0.875 bits per heavy atom. The van der Waals surface area contributed by atoms with Gasteiger partial charge in [0.15, 0.2) is 0 Å². The molecule has 0 aliphatic heterocycles. The minimum atomic E-state index is -0.682. The van der Waals surface area contributed by atoms with E-state index in [0.29, 0.717) is 85.3 Å². The number of rotatable bonds is 25. The lowest BCUT2D eigenvalue weighted by molar-refractivity contribution is -0.938. The lowest BCUT2D eigenvalue weighted by Gasteiger charge is -2.38. The fraction of sp³-hybridized carbons (Fsp3) is 0.512. The van der Waals surface area contributed by atoms with E-state index in [1.54, 1.807) is 36.4 Å². The van der Waals surface area contributed by atoms with Gasteiger partial charge in [-0.05, 0) is 77.9 Å². The Morgan fingerprint density at radius 1 is 0.406 bits per heavy atom. The summed E-state index contributed by atoms with van der Waals surface area (Å²) in [5.41, 5.74) is 0.666. The van der Waals surface area contributed by atoms with Crippen LogP contribution in [-0.4, -0.2) is 101 Å². The van der Waals surface area contributed by atoms with Gasteiger partial charge in [-0.3, -0.25) is 30.3 Å². The first-order valence-corrected chi connectivity index (χ1v) is 21.2. The molecule has 0 N–H and O–H groups in total. The molecule has 0 amide bonds. The minimum absolute atomic E-state index is 0. The van der Waals surface area contributed by atoms with Gasteiger partial charge < -0.3 is 64.4 Å². The molecule has 21 heteroatoms. The van der Waals surface area contributed by atoms with Gasteiger partial charge in [0.1, 0.15) is 19.6 Å². The van der Waals surface area contributed by atoms with E-state index >= 15 is 0 Å².